The van der Waals surface area contributed by atoms with Gasteiger partial charge in [-0.3, -0.25) is 0 Å². The van der Waals surface area contributed by atoms with Crippen LogP contribution in [0.15, 0.2) is 158 Å². The molecule has 0 N–H and O–H groups in total. The number of benzene rings is 7. The summed E-state index contributed by atoms with van der Waals surface area (Å²) in [5, 5.41) is 2.50. The Morgan fingerprint density at radius 3 is 1.56 bits per heavy atom. The van der Waals surface area contributed by atoms with Crippen molar-refractivity contribution in [3.05, 3.63) is 174 Å². The van der Waals surface area contributed by atoms with E-state index in [0.717, 1.165) is 29.1 Å². The van der Waals surface area contributed by atoms with Gasteiger partial charge in [0.2, 0.25) is 0 Å². The lowest BCUT2D eigenvalue weighted by Gasteiger charge is -2.57. The molecule has 7 aromatic carbocycles. The summed E-state index contributed by atoms with van der Waals surface area (Å²) in [4.78, 5) is 2.42. The van der Waals surface area contributed by atoms with Crippen LogP contribution in [0.1, 0.15) is 69.1 Å². The van der Waals surface area contributed by atoms with Crippen molar-refractivity contribution < 1.29 is 0 Å². The van der Waals surface area contributed by atoms with Crippen LogP contribution in [-0.2, 0) is 10.8 Å². The number of hydrogen-bond acceptors (Lipinski definition) is 1. The summed E-state index contributed by atoms with van der Waals surface area (Å²) in [7, 11) is 0. The average Bonchev–Trinajstić information content (AvgIpc) is 3.43. The maximum Gasteiger partial charge on any atom is 0.0468 e. The van der Waals surface area contributed by atoms with Crippen molar-refractivity contribution in [1.82, 2.24) is 0 Å². The van der Waals surface area contributed by atoms with Gasteiger partial charge in [0, 0.05) is 22.5 Å². The second-order valence-corrected chi connectivity index (χ2v) is 17.7. The minimum absolute atomic E-state index is 0.0660. The minimum Gasteiger partial charge on any atom is -0.310 e. The molecule has 54 heavy (non-hydrogen) atoms. The number of rotatable bonds is 6. The molecule has 0 amide bonds. The van der Waals surface area contributed by atoms with Crippen molar-refractivity contribution in [3.63, 3.8) is 0 Å². The normalized spacial score (nSPS) is 23.0. The third kappa shape index (κ3) is 5.12. The zero-order valence-corrected chi connectivity index (χ0v) is 31.4. The van der Waals surface area contributed by atoms with Crippen LogP contribution in [-0.4, -0.2) is 0 Å². The summed E-state index contributed by atoms with van der Waals surface area (Å²) < 4.78 is 0. The van der Waals surface area contributed by atoms with Crippen LogP contribution < -0.4 is 4.90 Å². The third-order valence-electron chi connectivity index (χ3n) is 14.0. The van der Waals surface area contributed by atoms with Crippen molar-refractivity contribution in [3.8, 4) is 33.4 Å². The van der Waals surface area contributed by atoms with Gasteiger partial charge in [-0.15, -0.1) is 0 Å². The van der Waals surface area contributed by atoms with Gasteiger partial charge in [-0.05, 0) is 159 Å². The van der Waals surface area contributed by atoms with E-state index in [1.165, 1.54) is 99.5 Å². The van der Waals surface area contributed by atoms with Gasteiger partial charge in [0.1, 0.15) is 0 Å². The number of anilines is 3. The van der Waals surface area contributed by atoms with E-state index in [-0.39, 0.29) is 5.41 Å². The van der Waals surface area contributed by atoms with Crippen LogP contribution in [0.5, 0.6) is 0 Å². The van der Waals surface area contributed by atoms with Gasteiger partial charge in [-0.2, -0.15) is 0 Å². The van der Waals surface area contributed by atoms with Gasteiger partial charge in [0.25, 0.3) is 0 Å². The maximum absolute atomic E-state index is 2.47. The van der Waals surface area contributed by atoms with E-state index in [9.17, 15) is 0 Å². The van der Waals surface area contributed by atoms with Gasteiger partial charge < -0.3 is 4.90 Å². The molecule has 4 saturated carbocycles. The van der Waals surface area contributed by atoms with Crippen LogP contribution in [0.3, 0.4) is 0 Å². The largest absolute Gasteiger partial charge is 0.310 e. The summed E-state index contributed by atoms with van der Waals surface area (Å²) in [6.07, 6.45) is 8.76. The monoisotopic (exact) mass is 697 g/mol. The maximum atomic E-state index is 2.47. The van der Waals surface area contributed by atoms with Crippen LogP contribution in [0.2, 0.25) is 0 Å². The first-order chi connectivity index (χ1) is 26.4. The first-order valence-corrected chi connectivity index (χ1v) is 20.3. The fraction of sp³-hybridized carbons (Fsp3) is 0.245. The fourth-order valence-corrected chi connectivity index (χ4v) is 11.7. The van der Waals surface area contributed by atoms with E-state index in [1.54, 1.807) is 5.56 Å². The van der Waals surface area contributed by atoms with Crippen LogP contribution in [0.4, 0.5) is 17.1 Å². The molecule has 0 spiro atoms. The molecule has 0 heterocycles. The zero-order valence-electron chi connectivity index (χ0n) is 31.4. The predicted octanol–water partition coefficient (Wildman–Crippen LogP) is 14.4. The highest BCUT2D eigenvalue weighted by Gasteiger charge is 2.51. The molecule has 0 aromatic heterocycles. The molecule has 4 fully saturated rings. The summed E-state index contributed by atoms with van der Waals surface area (Å²) in [6, 6.07) is 59.5. The topological polar surface area (TPSA) is 3.24 Å². The first kappa shape index (κ1) is 32.1. The fourth-order valence-electron chi connectivity index (χ4n) is 11.7. The minimum atomic E-state index is -0.0660. The molecular weight excluding hydrogens is 651 g/mol. The molecule has 7 aromatic rings. The molecule has 0 radical (unpaired) electrons. The Kier molecular flexibility index (Phi) is 7.16. The smallest absolute Gasteiger partial charge is 0.0468 e. The van der Waals surface area contributed by atoms with E-state index in [0.29, 0.717) is 5.41 Å². The Labute approximate surface area is 320 Å². The molecule has 0 atom stereocenters. The summed E-state index contributed by atoms with van der Waals surface area (Å²) >= 11 is 0. The predicted molar refractivity (Wildman–Crippen MR) is 227 cm³/mol. The molecule has 0 aliphatic heterocycles. The van der Waals surface area contributed by atoms with E-state index < -0.39 is 0 Å². The van der Waals surface area contributed by atoms with Gasteiger partial charge in [0.15, 0.2) is 0 Å². The van der Waals surface area contributed by atoms with Crippen molar-refractivity contribution in [1.29, 1.82) is 0 Å². The lowest BCUT2D eigenvalue weighted by molar-refractivity contribution is -0.00518. The molecule has 5 aliphatic rings. The van der Waals surface area contributed by atoms with Gasteiger partial charge in [-0.1, -0.05) is 135 Å². The van der Waals surface area contributed by atoms with Crippen LogP contribution in [0.25, 0.3) is 44.2 Å². The Balaban J connectivity index is 0.897. The standard InChI is InChI=1S/C53H47N/c1-52(2)50-10-6-5-9-48(50)49-26-25-47(31-51(49)52)54(46-24-19-38-7-3-4-8-43(38)30-46)45-22-17-42(18-23-45)40-13-11-39(12-14-40)41-15-20-44(21-16-41)53-32-35-27-36(33-53)29-37(28-35)34-53/h3-26,30-31,35-37H,27-29,32-34H2,1-2H3. The molecule has 5 aliphatic carbocycles. The molecule has 264 valence electrons. The molecule has 1 heteroatoms. The number of hydrogen-bond donors (Lipinski definition) is 0. The third-order valence-corrected chi connectivity index (χ3v) is 14.0. The SMILES string of the molecule is CC1(C)c2ccccc2-c2ccc(N(c3ccc(-c4ccc(-c5ccc(C67CC8CC(CC(C8)C6)C7)cc5)cc4)cc3)c3ccc4ccccc4c3)cc21. The van der Waals surface area contributed by atoms with Gasteiger partial charge in [0.05, 0.1) is 0 Å². The van der Waals surface area contributed by atoms with Gasteiger partial charge >= 0.3 is 0 Å². The molecule has 1 nitrogen and oxygen atoms in total. The van der Waals surface area contributed by atoms with Crippen molar-refractivity contribution in [2.24, 2.45) is 17.8 Å². The molecule has 0 saturated heterocycles. The zero-order chi connectivity index (χ0) is 36.0. The van der Waals surface area contributed by atoms with Crippen LogP contribution >= 0.6 is 0 Å². The highest BCUT2D eigenvalue weighted by molar-refractivity contribution is 5.91. The van der Waals surface area contributed by atoms with Gasteiger partial charge in [-0.25, -0.2) is 0 Å². The average molecular weight is 698 g/mol. The molecule has 0 unspecified atom stereocenters. The van der Waals surface area contributed by atoms with E-state index in [1.807, 2.05) is 0 Å². The molecular formula is C53H47N. The highest BCUT2D eigenvalue weighted by Crippen LogP contribution is 2.61. The van der Waals surface area contributed by atoms with E-state index in [2.05, 4.69) is 176 Å². The quantitative estimate of drug-likeness (QED) is 0.167. The number of fused-ring (bicyclic) bond motifs is 4. The van der Waals surface area contributed by atoms with Crippen molar-refractivity contribution in [2.45, 2.75) is 63.2 Å². The number of nitrogens with zero attached hydrogens (tertiary/aromatic N) is 1. The van der Waals surface area contributed by atoms with E-state index in [4.69, 9.17) is 0 Å². The Bertz CT molecular complexity index is 2500. The highest BCUT2D eigenvalue weighted by atomic mass is 15.1. The Hall–Kier alpha value is -5.40. The summed E-state index contributed by atoms with van der Waals surface area (Å²) in [5.74, 6) is 2.93. The lowest BCUT2D eigenvalue weighted by Crippen LogP contribution is -2.48. The summed E-state index contributed by atoms with van der Waals surface area (Å²) in [5.41, 5.74) is 16.0. The van der Waals surface area contributed by atoms with Crippen LogP contribution in [0, 0.1) is 17.8 Å². The second kappa shape index (κ2) is 12.1. The first-order valence-electron chi connectivity index (χ1n) is 20.3. The second-order valence-electron chi connectivity index (χ2n) is 17.7. The molecule has 12 rings (SSSR count). The Morgan fingerprint density at radius 2 is 0.907 bits per heavy atom. The summed E-state index contributed by atoms with van der Waals surface area (Å²) in [6.45, 7) is 4.72. The van der Waals surface area contributed by atoms with E-state index >= 15 is 0 Å². The van der Waals surface area contributed by atoms with Crippen molar-refractivity contribution in [2.75, 3.05) is 4.90 Å². The lowest BCUT2D eigenvalue weighted by atomic mass is 9.48. The Morgan fingerprint density at radius 1 is 0.426 bits per heavy atom. The molecule has 4 bridgehead atoms. The van der Waals surface area contributed by atoms with Crippen molar-refractivity contribution >= 4 is 27.8 Å².